The number of alkyl carbamates (subject to hydrolysis) is 2. The number of nitrogens with one attached hydrogen (secondary N) is 4. The van der Waals surface area contributed by atoms with Crippen molar-refractivity contribution in [3.8, 4) is 0 Å². The largest absolute Gasteiger partial charge is 1.00 e. The molecule has 45 heteroatoms. The number of ether oxygens (including phenoxy) is 6. The van der Waals surface area contributed by atoms with Crippen molar-refractivity contribution in [3.63, 3.8) is 0 Å². The van der Waals surface area contributed by atoms with E-state index in [0.29, 0.717) is 63.5 Å². The van der Waals surface area contributed by atoms with E-state index in [9.17, 15) is 47.1 Å². The molecule has 6 aromatic heterocycles. The van der Waals surface area contributed by atoms with Crippen molar-refractivity contribution < 1.29 is 195 Å². The number of carboxylic acids is 1. The minimum atomic E-state index is -4.11. The maximum Gasteiger partial charge on any atom is 1.00 e. The molecule has 0 unspecified atom stereocenters. The number of amides is 3. The molecule has 4 fully saturated rings. The number of aromatic amines is 1. The second kappa shape index (κ2) is 56.1. The number of carbonyl (C=O) groups excluding carboxylic acids is 4. The molecule has 11 heterocycles. The summed E-state index contributed by atoms with van der Waals surface area (Å²) in [6.45, 7) is 32.2. The summed E-state index contributed by atoms with van der Waals surface area (Å²) in [5.41, 5.74) is 21.6. The molecule has 6 atom stereocenters. The molecule has 3 amide bonds. The van der Waals surface area contributed by atoms with Crippen molar-refractivity contribution in [1.29, 1.82) is 0 Å². The van der Waals surface area contributed by atoms with Crippen LogP contribution >= 0.6 is 23.2 Å². The zero-order valence-corrected chi connectivity index (χ0v) is 93.2. The predicted molar refractivity (Wildman–Crippen MR) is 534 cm³/mol. The molecule has 0 bridgehead atoms. The summed E-state index contributed by atoms with van der Waals surface area (Å²) >= 11 is 12.3. The number of anilines is 1. The van der Waals surface area contributed by atoms with Gasteiger partial charge in [0, 0.05) is 57.4 Å². The molecule has 772 valence electrons. The van der Waals surface area contributed by atoms with E-state index in [-0.39, 0.29) is 194 Å². The zero-order chi connectivity index (χ0) is 104. The molecule has 5 aliphatic rings. The van der Waals surface area contributed by atoms with Gasteiger partial charge in [-0.15, -0.1) is 15.3 Å². The minimum Gasteiger partial charge on any atom is -1.00 e. The number of carbonyl (C=O) groups is 5. The second-order valence-electron chi connectivity index (χ2n) is 37.6. The fourth-order valence-electron chi connectivity index (χ4n) is 15.3. The number of carboxylic acid groups (broad SMARTS) is 1. The normalized spacial score (nSPS) is 16.3. The van der Waals surface area contributed by atoms with Gasteiger partial charge in [-0.2, -0.15) is 12.7 Å². The molecule has 11 N–H and O–H groups in total. The van der Waals surface area contributed by atoms with Crippen LogP contribution < -0.4 is 152 Å². The van der Waals surface area contributed by atoms with Crippen molar-refractivity contribution >= 4 is 86.7 Å². The van der Waals surface area contributed by atoms with Gasteiger partial charge in [0.25, 0.3) is 23.2 Å². The summed E-state index contributed by atoms with van der Waals surface area (Å²) in [4.78, 5) is 112. The Bertz CT molecular complexity index is 6550. The molecular formula is C100H128Cl2K2N18O22S. The molecule has 17 rings (SSSR count). The van der Waals surface area contributed by atoms with E-state index < -0.39 is 75.5 Å². The maximum absolute atomic E-state index is 13.4. The summed E-state index contributed by atoms with van der Waals surface area (Å²) in [5.74, 6) is 2.70. The van der Waals surface area contributed by atoms with Crippen LogP contribution in [0.3, 0.4) is 0 Å². The van der Waals surface area contributed by atoms with Gasteiger partial charge < -0.3 is 82.7 Å². The minimum absolute atomic E-state index is 0. The number of aliphatic hydroxyl groups is 2. The van der Waals surface area contributed by atoms with Gasteiger partial charge >= 0.3 is 137 Å². The number of halogens is 2. The Balaban J connectivity index is 0.000000235. The van der Waals surface area contributed by atoms with Gasteiger partial charge in [-0.25, -0.2) is 42.9 Å². The van der Waals surface area contributed by atoms with Crippen LogP contribution in [-0.4, -0.2) is 193 Å². The van der Waals surface area contributed by atoms with E-state index in [4.69, 9.17) is 92.6 Å². The average molecular weight is 2120 g/mol. The summed E-state index contributed by atoms with van der Waals surface area (Å²) in [5, 5.41) is 57.4. The Morgan fingerprint density at radius 3 is 1.32 bits per heavy atom. The van der Waals surface area contributed by atoms with E-state index >= 15 is 0 Å². The van der Waals surface area contributed by atoms with Gasteiger partial charge in [0.05, 0.1) is 75.7 Å². The quantitative estimate of drug-likeness (QED) is 0.0146. The number of H-pyrrole nitrogens is 1. The molecule has 6 aromatic carbocycles. The van der Waals surface area contributed by atoms with E-state index in [1.54, 1.807) is 106 Å². The van der Waals surface area contributed by atoms with Crippen molar-refractivity contribution in [2.45, 2.75) is 226 Å². The number of nitrogens with two attached hydrogens (primary N) is 2. The molecule has 40 nitrogen and oxygen atoms in total. The number of aryl methyl sites for hydroxylation is 6. The number of nitrogens with zero attached hydrogens (tertiary/aromatic N) is 12. The first-order chi connectivity index (χ1) is 67.8. The fourth-order valence-corrected chi connectivity index (χ4v) is 16.8. The number of hydrogen-bond acceptors (Lipinski definition) is 30. The smallest absolute Gasteiger partial charge is 1.00 e. The van der Waals surface area contributed by atoms with Crippen LogP contribution in [0.5, 0.6) is 0 Å². The fraction of sp³-hybridized carbons (Fsp3) is 0.440. The van der Waals surface area contributed by atoms with Gasteiger partial charge in [0.15, 0.2) is 16.6 Å². The molecule has 12 aromatic rings. The van der Waals surface area contributed by atoms with Crippen LogP contribution in [0.25, 0.3) is 16.6 Å². The molecule has 4 saturated heterocycles. The standard InChI is InChI=1S/C24H30ClN5O4.C19H21N5O2.C14H19NO5S.C14H21NO3.C10H11ClN4O2.C9H11NO2.C9H13NO.CH2O3.2K.H/c1-15-5-7-16(8-6-15)18(27-23(32)34-24(2,3)4)14-29-21(31)19-13-26-20(30(19)28-22(29)25)17-9-11-33-12-10-17;1-12-2-4-13(5-3-12)15-11-23-18(25)16-10-20-17(14-6-8-26-9-7-14)24(16)22-19(23)21-15;1-10-5-7-11(8-6-10)12-9-19-21(17,18)15(12)13(16)20-14(2,3)4;1-10-5-7-11(8-6-10)12(9-16)15-13(17)18-14(2,3)4;11-10-13-9(16)7-5-12-8(15(7)14-10)6-1-3-17-4-2-6;1-6-2-4-7(5-3-6)8(10)9(11)12;1-7-2-4-8(5-3-7)9(10)6-11;2-1-4-3;;;/h5-8,13,17-18H,9-12,14H2,1-4H3,(H,27,32);2-5,10,14-15H,6-9,11H2,1H3,(H,21,22);5-8,12H,9H2,1-4H3;5-8,12,16H,9H2,1-4H3,(H,15,17);5-6H,1-4H2,(H,13,14,16);2-5,8H,10H2,1H3,(H,11,12);2-5,9,11H,6,10H2,1H3;1,3H;;;/q;;;;;;;;2*+1;-1/p-1/t18-;15-;2*12-;;8-;9-;;;;/m1111.01..../s1. The van der Waals surface area contributed by atoms with E-state index in [1.807, 2.05) is 132 Å². The van der Waals surface area contributed by atoms with Crippen LogP contribution in [-0.2, 0) is 70.5 Å². The average Bonchev–Trinajstić information content (AvgIpc) is 1.60. The topological polar surface area (TPSA) is 536 Å². The maximum atomic E-state index is 13.4. The van der Waals surface area contributed by atoms with E-state index in [1.165, 1.54) is 32.6 Å². The summed E-state index contributed by atoms with van der Waals surface area (Å²) < 4.78 is 69.2. The molecule has 5 aliphatic heterocycles. The van der Waals surface area contributed by atoms with E-state index in [2.05, 4.69) is 82.2 Å². The monoisotopic (exact) mass is 2110 g/mol. The summed E-state index contributed by atoms with van der Waals surface area (Å²) in [6.07, 6.45) is 7.95. The Morgan fingerprint density at radius 1 is 0.538 bits per heavy atom. The number of benzene rings is 6. The Hall–Kier alpha value is -9.64. The van der Waals surface area contributed by atoms with Gasteiger partial charge in [-0.05, 0) is 199 Å². The second-order valence-corrected chi connectivity index (χ2v) is 39.8. The van der Waals surface area contributed by atoms with Gasteiger partial charge in [0.2, 0.25) is 16.5 Å². The summed E-state index contributed by atoms with van der Waals surface area (Å²) in [6, 6.07) is 43.2. The van der Waals surface area contributed by atoms with E-state index in [0.717, 1.165) is 121 Å². The third kappa shape index (κ3) is 35.5. The van der Waals surface area contributed by atoms with Crippen LogP contribution in [0.2, 0.25) is 10.6 Å². The third-order valence-corrected chi connectivity index (χ3v) is 24.7. The van der Waals surface area contributed by atoms with Crippen LogP contribution in [0.15, 0.2) is 179 Å². The van der Waals surface area contributed by atoms with Gasteiger partial charge in [-0.1, -0.05) is 179 Å². The molecule has 0 saturated carbocycles. The number of aromatic nitrogens is 12. The van der Waals surface area contributed by atoms with Crippen molar-refractivity contribution in [2.24, 2.45) is 11.5 Å². The number of imidazole rings is 3. The number of fused-ring (bicyclic) bond motifs is 4. The van der Waals surface area contributed by atoms with Crippen molar-refractivity contribution in [2.75, 3.05) is 64.8 Å². The van der Waals surface area contributed by atoms with Crippen LogP contribution in [0, 0.1) is 41.5 Å². The first kappa shape index (κ1) is 121. The van der Waals surface area contributed by atoms with Crippen LogP contribution in [0.4, 0.5) is 20.3 Å². The predicted octanol–water partition coefficient (Wildman–Crippen LogP) is 6.96. The van der Waals surface area contributed by atoms with Gasteiger partial charge in [0.1, 0.15) is 46.4 Å². The molecule has 0 aliphatic carbocycles. The number of hydrogen-bond donors (Lipinski definition) is 9. The number of rotatable bonds is 17. The number of aliphatic carboxylic acids is 1. The molecular weight excluding hydrogens is 1990 g/mol. The third-order valence-electron chi connectivity index (χ3n) is 22.9. The Morgan fingerprint density at radius 2 is 0.910 bits per heavy atom. The Labute approximate surface area is 937 Å². The first-order valence-electron chi connectivity index (χ1n) is 46.5. The molecule has 0 radical (unpaired) electrons. The van der Waals surface area contributed by atoms with Crippen molar-refractivity contribution in [1.82, 2.24) is 72.9 Å². The first-order valence-corrected chi connectivity index (χ1v) is 48.6. The Kier molecular flexibility index (Phi) is 46.7. The van der Waals surface area contributed by atoms with Crippen LogP contribution in [0.1, 0.15) is 241 Å². The zero-order valence-electron chi connectivity index (χ0n) is 85.7. The molecule has 0 spiro atoms. The van der Waals surface area contributed by atoms with Gasteiger partial charge in [-0.3, -0.25) is 42.3 Å². The summed E-state index contributed by atoms with van der Waals surface area (Å²) in [7, 11) is -4.11. The molecule has 145 heavy (non-hydrogen) atoms. The number of aliphatic hydroxyl groups excluding tert-OH is 2. The van der Waals surface area contributed by atoms with Crippen molar-refractivity contribution in [3.05, 3.63) is 290 Å². The SMILES string of the molecule is Cc1ccc([C@@H](CO)NC(=O)OC(C)(C)C)cc1.Cc1ccc([C@@H](Cn2c(Cl)nn3c(C4CCOCC4)ncc3c2=O)NC(=O)OC(C)(C)C)cc1.Cc1ccc([C@H](N)C(=O)O)cc1.Cc1ccc([C@H](N)CO)cc1.Cc1ccc([C@H]2COS(=O)(=O)N2C(=O)OC(C)(C)C)cc1.Cc1ccc([C@H]2Cn3c(nn4c(C5CCOCC5)ncc4c3=O)N2)cc1.O=CO[O-].O=c1[nH]c(Cl)nn2c(C3CCOCC3)ncc12.[H-].[K+].[K+].